The van der Waals surface area contributed by atoms with E-state index in [4.69, 9.17) is 9.47 Å². The fraction of sp³-hybridized carbons (Fsp3) is 0.158. The number of methoxy groups -OCH3 is 1. The molecule has 0 aliphatic rings. The van der Waals surface area contributed by atoms with E-state index in [0.29, 0.717) is 11.3 Å². The van der Waals surface area contributed by atoms with E-state index in [9.17, 15) is 9.59 Å². The van der Waals surface area contributed by atoms with E-state index in [1.165, 1.54) is 7.11 Å². The minimum absolute atomic E-state index is 0.168. The Morgan fingerprint density at radius 3 is 2.08 bits per heavy atom. The predicted molar refractivity (Wildman–Crippen MR) is 89.9 cm³/mol. The third-order valence-electron chi connectivity index (χ3n) is 3.26. The zero-order valence-corrected chi connectivity index (χ0v) is 13.4. The van der Waals surface area contributed by atoms with Crippen molar-refractivity contribution in [2.24, 2.45) is 0 Å². The number of carbonyl (C=O) groups excluding carboxylic acids is 2. The predicted octanol–water partition coefficient (Wildman–Crippen LogP) is 3.25. The van der Waals surface area contributed by atoms with Gasteiger partial charge in [-0.25, -0.2) is 9.59 Å². The molecule has 0 unspecified atom stereocenters. The molecule has 2 aromatic carbocycles. The smallest absolute Gasteiger partial charge is 0.337 e. The highest BCUT2D eigenvalue weighted by atomic mass is 16.6. The molecule has 2 aromatic rings. The molecule has 0 spiro atoms. The summed E-state index contributed by atoms with van der Waals surface area (Å²) in [5.41, 5.74) is 2.49. The highest BCUT2D eigenvalue weighted by Gasteiger charge is 2.05. The van der Waals surface area contributed by atoms with Gasteiger partial charge in [-0.3, -0.25) is 0 Å². The van der Waals surface area contributed by atoms with Crippen molar-refractivity contribution in [1.82, 2.24) is 0 Å². The lowest BCUT2D eigenvalue weighted by molar-refractivity contribution is -0.138. The van der Waals surface area contributed by atoms with Crippen LogP contribution in [0.25, 0.3) is 11.1 Å². The summed E-state index contributed by atoms with van der Waals surface area (Å²) in [5.74, 6) is -0.147. The van der Waals surface area contributed by atoms with Crippen LogP contribution in [0.2, 0.25) is 0 Å². The van der Waals surface area contributed by atoms with Crippen molar-refractivity contribution in [2.75, 3.05) is 20.3 Å². The van der Waals surface area contributed by atoms with Gasteiger partial charge in [0.05, 0.1) is 12.7 Å². The molecule has 0 saturated heterocycles. The number of esters is 2. The molecule has 5 nitrogen and oxygen atoms in total. The van der Waals surface area contributed by atoms with Gasteiger partial charge in [0.2, 0.25) is 0 Å². The fourth-order valence-corrected chi connectivity index (χ4v) is 2.02. The van der Waals surface area contributed by atoms with Crippen LogP contribution in [0.3, 0.4) is 0 Å². The Labute approximate surface area is 140 Å². The van der Waals surface area contributed by atoms with Crippen LogP contribution in [0.1, 0.15) is 10.4 Å². The molecule has 2 rings (SSSR count). The van der Waals surface area contributed by atoms with Crippen molar-refractivity contribution in [3.05, 3.63) is 66.7 Å². The van der Waals surface area contributed by atoms with E-state index in [0.717, 1.165) is 17.2 Å². The van der Waals surface area contributed by atoms with Gasteiger partial charge in [0.1, 0.15) is 19.0 Å². The van der Waals surface area contributed by atoms with Crippen molar-refractivity contribution in [1.29, 1.82) is 0 Å². The molecule has 24 heavy (non-hydrogen) atoms. The Kier molecular flexibility index (Phi) is 6.14. The first-order valence-electron chi connectivity index (χ1n) is 7.35. The number of hydrogen-bond donors (Lipinski definition) is 0. The van der Waals surface area contributed by atoms with Crippen LogP contribution in [-0.4, -0.2) is 32.3 Å². The molecular formula is C19H18O5. The summed E-state index contributed by atoms with van der Waals surface area (Å²) in [4.78, 5) is 22.3. The molecule has 0 bridgehead atoms. The third kappa shape index (κ3) is 4.71. The molecule has 0 aromatic heterocycles. The van der Waals surface area contributed by atoms with Gasteiger partial charge in [0, 0.05) is 6.08 Å². The lowest BCUT2D eigenvalue weighted by atomic mass is 10.0. The van der Waals surface area contributed by atoms with Crippen LogP contribution in [0.15, 0.2) is 61.2 Å². The maximum absolute atomic E-state index is 11.4. The maximum Gasteiger partial charge on any atom is 0.337 e. The first-order chi connectivity index (χ1) is 11.6. The number of carbonyl (C=O) groups is 2. The number of hydrogen-bond acceptors (Lipinski definition) is 5. The SMILES string of the molecule is C=CC(=O)OCCOc1ccc(-c2ccc(C(=O)OC)cc2)cc1. The number of ether oxygens (including phenoxy) is 3. The molecule has 0 N–H and O–H groups in total. The quantitative estimate of drug-likeness (QED) is 0.444. The summed E-state index contributed by atoms with van der Waals surface area (Å²) in [5, 5.41) is 0. The van der Waals surface area contributed by atoms with Gasteiger partial charge < -0.3 is 14.2 Å². The van der Waals surface area contributed by atoms with Crippen molar-refractivity contribution < 1.29 is 23.8 Å². The van der Waals surface area contributed by atoms with E-state index >= 15 is 0 Å². The monoisotopic (exact) mass is 326 g/mol. The zero-order chi connectivity index (χ0) is 17.4. The highest BCUT2D eigenvalue weighted by Crippen LogP contribution is 2.23. The van der Waals surface area contributed by atoms with Crippen molar-refractivity contribution in [2.45, 2.75) is 0 Å². The van der Waals surface area contributed by atoms with Gasteiger partial charge in [-0.1, -0.05) is 30.8 Å². The van der Waals surface area contributed by atoms with Gasteiger partial charge in [0.25, 0.3) is 0 Å². The average Bonchev–Trinajstić information content (AvgIpc) is 2.65. The Morgan fingerprint density at radius 2 is 1.54 bits per heavy atom. The molecule has 0 fully saturated rings. The van der Waals surface area contributed by atoms with E-state index in [1.54, 1.807) is 12.1 Å². The minimum atomic E-state index is -0.468. The second-order valence-electron chi connectivity index (χ2n) is 4.81. The van der Waals surface area contributed by atoms with Gasteiger partial charge in [-0.05, 0) is 35.4 Å². The fourth-order valence-electron chi connectivity index (χ4n) is 2.02. The molecule has 124 valence electrons. The van der Waals surface area contributed by atoms with Crippen molar-refractivity contribution in [3.8, 4) is 16.9 Å². The van der Waals surface area contributed by atoms with Crippen LogP contribution >= 0.6 is 0 Å². The molecule has 0 radical (unpaired) electrons. The minimum Gasteiger partial charge on any atom is -0.490 e. The molecule has 0 aliphatic heterocycles. The normalized spacial score (nSPS) is 9.88. The maximum atomic E-state index is 11.4. The first kappa shape index (κ1) is 17.3. The highest BCUT2D eigenvalue weighted by molar-refractivity contribution is 5.90. The average molecular weight is 326 g/mol. The van der Waals surface area contributed by atoms with Gasteiger partial charge in [0.15, 0.2) is 0 Å². The van der Waals surface area contributed by atoms with Crippen LogP contribution in [0, 0.1) is 0 Å². The lowest BCUT2D eigenvalue weighted by Crippen LogP contribution is -2.10. The van der Waals surface area contributed by atoms with Crippen LogP contribution in [0.5, 0.6) is 5.75 Å². The molecule has 0 atom stereocenters. The third-order valence-corrected chi connectivity index (χ3v) is 3.26. The molecule has 5 heteroatoms. The lowest BCUT2D eigenvalue weighted by Gasteiger charge is -2.08. The summed E-state index contributed by atoms with van der Waals surface area (Å²) in [6, 6.07) is 14.7. The molecule has 0 aliphatic carbocycles. The Balaban J connectivity index is 1.93. The Morgan fingerprint density at radius 1 is 0.958 bits per heavy atom. The van der Waals surface area contributed by atoms with Crippen LogP contribution in [-0.2, 0) is 14.3 Å². The molecule has 0 amide bonds. The Hall–Kier alpha value is -3.08. The number of benzene rings is 2. The standard InChI is InChI=1S/C19H18O5/c1-3-18(20)24-13-12-23-17-10-8-15(9-11-17)14-4-6-16(7-5-14)19(21)22-2/h3-11H,1,12-13H2,2H3. The van der Waals surface area contributed by atoms with Gasteiger partial charge in [-0.15, -0.1) is 0 Å². The van der Waals surface area contributed by atoms with Gasteiger partial charge >= 0.3 is 11.9 Å². The molecule has 0 heterocycles. The molecular weight excluding hydrogens is 308 g/mol. The Bertz CT molecular complexity index is 702. The first-order valence-corrected chi connectivity index (χ1v) is 7.35. The second-order valence-corrected chi connectivity index (χ2v) is 4.81. The summed E-state index contributed by atoms with van der Waals surface area (Å²) in [6.07, 6.45) is 1.11. The van der Waals surface area contributed by atoms with E-state index in [2.05, 4.69) is 11.3 Å². The molecule has 0 saturated carbocycles. The van der Waals surface area contributed by atoms with Crippen molar-refractivity contribution >= 4 is 11.9 Å². The van der Waals surface area contributed by atoms with Gasteiger partial charge in [-0.2, -0.15) is 0 Å². The second kappa shape index (κ2) is 8.53. The summed E-state index contributed by atoms with van der Waals surface area (Å²) < 4.78 is 15.0. The topological polar surface area (TPSA) is 61.8 Å². The van der Waals surface area contributed by atoms with Crippen LogP contribution in [0.4, 0.5) is 0 Å². The van der Waals surface area contributed by atoms with E-state index in [1.807, 2.05) is 36.4 Å². The largest absolute Gasteiger partial charge is 0.490 e. The van der Waals surface area contributed by atoms with Crippen molar-refractivity contribution in [3.63, 3.8) is 0 Å². The zero-order valence-electron chi connectivity index (χ0n) is 13.4. The summed E-state index contributed by atoms with van der Waals surface area (Å²) in [7, 11) is 1.35. The number of rotatable bonds is 7. The summed E-state index contributed by atoms with van der Waals surface area (Å²) in [6.45, 7) is 3.75. The van der Waals surface area contributed by atoms with Crippen LogP contribution < -0.4 is 4.74 Å². The van der Waals surface area contributed by atoms with E-state index in [-0.39, 0.29) is 19.2 Å². The van der Waals surface area contributed by atoms with E-state index < -0.39 is 5.97 Å². The summed E-state index contributed by atoms with van der Waals surface area (Å²) >= 11 is 0.